The van der Waals surface area contributed by atoms with Crippen molar-refractivity contribution < 1.29 is 22.7 Å². The topological polar surface area (TPSA) is 84.9 Å². The van der Waals surface area contributed by atoms with Crippen molar-refractivity contribution in [2.24, 2.45) is 5.92 Å². The number of anilines is 1. The Morgan fingerprint density at radius 1 is 1.32 bits per heavy atom. The first kappa shape index (κ1) is 18.2. The zero-order valence-electron chi connectivity index (χ0n) is 14.4. The van der Waals surface area contributed by atoms with Crippen molar-refractivity contribution in [2.75, 3.05) is 38.2 Å². The standard InChI is InChI=1S/C17H24N2O5S/c1-2-24-15-7-6-14(18-17(20)13-4-3-5-13)12-16(15)25(21,22)19-8-10-23-11-9-19/h6-7,12-13H,2-5,8-11H2,1H3,(H,18,20). The zero-order valence-corrected chi connectivity index (χ0v) is 15.2. The van der Waals surface area contributed by atoms with Gasteiger partial charge in [0.25, 0.3) is 0 Å². The molecule has 1 amide bonds. The van der Waals surface area contributed by atoms with Crippen LogP contribution in [0.3, 0.4) is 0 Å². The highest BCUT2D eigenvalue weighted by molar-refractivity contribution is 7.89. The summed E-state index contributed by atoms with van der Waals surface area (Å²) in [4.78, 5) is 12.2. The summed E-state index contributed by atoms with van der Waals surface area (Å²) in [5.41, 5.74) is 0.479. The van der Waals surface area contributed by atoms with Gasteiger partial charge in [0.2, 0.25) is 15.9 Å². The van der Waals surface area contributed by atoms with Crippen LogP contribution >= 0.6 is 0 Å². The van der Waals surface area contributed by atoms with Gasteiger partial charge in [-0.15, -0.1) is 0 Å². The molecule has 2 fully saturated rings. The predicted molar refractivity (Wildman–Crippen MR) is 93.2 cm³/mol. The molecule has 8 heteroatoms. The molecule has 1 aliphatic carbocycles. The van der Waals surface area contributed by atoms with Gasteiger partial charge in [0.05, 0.1) is 19.8 Å². The van der Waals surface area contributed by atoms with Crippen LogP contribution in [0.2, 0.25) is 0 Å². The number of sulfonamides is 1. The molecule has 0 bridgehead atoms. The Hall–Kier alpha value is -1.64. The molecule has 0 spiro atoms. The first-order valence-electron chi connectivity index (χ1n) is 8.68. The van der Waals surface area contributed by atoms with Gasteiger partial charge in [-0.25, -0.2) is 8.42 Å². The van der Waals surface area contributed by atoms with Crippen LogP contribution in [0.25, 0.3) is 0 Å². The molecule has 138 valence electrons. The maximum atomic E-state index is 13.0. The number of carbonyl (C=O) groups is 1. The Bertz CT molecular complexity index is 725. The molecule has 2 aliphatic rings. The van der Waals surface area contributed by atoms with Crippen molar-refractivity contribution in [3.8, 4) is 5.75 Å². The number of hydrogen-bond acceptors (Lipinski definition) is 5. The van der Waals surface area contributed by atoms with Gasteiger partial charge >= 0.3 is 0 Å². The normalized spacial score (nSPS) is 19.2. The van der Waals surface area contributed by atoms with Crippen molar-refractivity contribution in [1.29, 1.82) is 0 Å². The number of morpholine rings is 1. The second kappa shape index (κ2) is 7.72. The Kier molecular flexibility index (Phi) is 5.61. The summed E-state index contributed by atoms with van der Waals surface area (Å²) in [5.74, 6) is 0.284. The smallest absolute Gasteiger partial charge is 0.246 e. The maximum absolute atomic E-state index is 13.0. The Morgan fingerprint density at radius 2 is 2.04 bits per heavy atom. The van der Waals surface area contributed by atoms with E-state index >= 15 is 0 Å². The third-order valence-electron chi connectivity index (χ3n) is 4.57. The maximum Gasteiger partial charge on any atom is 0.246 e. The summed E-state index contributed by atoms with van der Waals surface area (Å²) in [6.45, 7) is 3.54. The van der Waals surface area contributed by atoms with Gasteiger partial charge in [-0.1, -0.05) is 6.42 Å². The van der Waals surface area contributed by atoms with E-state index in [1.807, 2.05) is 0 Å². The summed E-state index contributed by atoms with van der Waals surface area (Å²) in [5, 5.41) is 2.83. The lowest BCUT2D eigenvalue weighted by Crippen LogP contribution is -2.40. The molecule has 1 saturated carbocycles. The Balaban J connectivity index is 1.88. The molecule has 1 N–H and O–H groups in total. The highest BCUT2D eigenvalue weighted by Gasteiger charge is 2.30. The first-order valence-corrected chi connectivity index (χ1v) is 10.1. The molecule has 1 heterocycles. The lowest BCUT2D eigenvalue weighted by molar-refractivity contribution is -0.122. The second-order valence-corrected chi connectivity index (χ2v) is 8.13. The van der Waals surface area contributed by atoms with Gasteiger partial charge in [0, 0.05) is 24.7 Å². The van der Waals surface area contributed by atoms with Crippen LogP contribution in [0, 0.1) is 5.92 Å². The van der Waals surface area contributed by atoms with E-state index in [0.717, 1.165) is 19.3 Å². The Morgan fingerprint density at radius 3 is 2.64 bits per heavy atom. The van der Waals surface area contributed by atoms with Crippen molar-refractivity contribution >= 4 is 21.6 Å². The number of ether oxygens (including phenoxy) is 2. The SMILES string of the molecule is CCOc1ccc(NC(=O)C2CCC2)cc1S(=O)(=O)N1CCOCC1. The fraction of sp³-hybridized carbons (Fsp3) is 0.588. The fourth-order valence-electron chi connectivity index (χ4n) is 2.90. The minimum atomic E-state index is -3.71. The molecule has 3 rings (SSSR count). The highest BCUT2D eigenvalue weighted by atomic mass is 32.2. The van der Waals surface area contributed by atoms with E-state index in [-0.39, 0.29) is 16.7 Å². The van der Waals surface area contributed by atoms with E-state index < -0.39 is 10.0 Å². The van der Waals surface area contributed by atoms with Crippen LogP contribution in [-0.2, 0) is 19.6 Å². The van der Waals surface area contributed by atoms with E-state index in [1.165, 1.54) is 10.4 Å². The summed E-state index contributed by atoms with van der Waals surface area (Å²) >= 11 is 0. The van der Waals surface area contributed by atoms with Crippen molar-refractivity contribution in [3.63, 3.8) is 0 Å². The van der Waals surface area contributed by atoms with Gasteiger partial charge < -0.3 is 14.8 Å². The van der Waals surface area contributed by atoms with E-state index in [1.54, 1.807) is 19.1 Å². The number of carbonyl (C=O) groups excluding carboxylic acids is 1. The van der Waals surface area contributed by atoms with E-state index in [4.69, 9.17) is 9.47 Å². The van der Waals surface area contributed by atoms with E-state index in [2.05, 4.69) is 5.32 Å². The zero-order chi connectivity index (χ0) is 17.9. The highest BCUT2D eigenvalue weighted by Crippen LogP contribution is 2.32. The lowest BCUT2D eigenvalue weighted by Gasteiger charge is -2.27. The van der Waals surface area contributed by atoms with Crippen molar-refractivity contribution in [2.45, 2.75) is 31.1 Å². The minimum Gasteiger partial charge on any atom is -0.492 e. The molecular weight excluding hydrogens is 344 g/mol. The number of amides is 1. The number of nitrogens with one attached hydrogen (secondary N) is 1. The third-order valence-corrected chi connectivity index (χ3v) is 6.49. The third kappa shape index (κ3) is 3.96. The number of benzene rings is 1. The largest absolute Gasteiger partial charge is 0.492 e. The van der Waals surface area contributed by atoms with Crippen LogP contribution in [0.15, 0.2) is 23.1 Å². The van der Waals surface area contributed by atoms with Crippen molar-refractivity contribution in [3.05, 3.63) is 18.2 Å². The number of rotatable bonds is 6. The van der Waals surface area contributed by atoms with E-state index in [9.17, 15) is 13.2 Å². The number of hydrogen-bond donors (Lipinski definition) is 1. The van der Waals surface area contributed by atoms with Gasteiger partial charge in [-0.2, -0.15) is 4.31 Å². The predicted octanol–water partition coefficient (Wildman–Crippen LogP) is 1.84. The van der Waals surface area contributed by atoms with Gasteiger partial charge in [-0.3, -0.25) is 4.79 Å². The fourth-order valence-corrected chi connectivity index (χ4v) is 4.47. The minimum absolute atomic E-state index is 0.0332. The molecular formula is C17H24N2O5S. The summed E-state index contributed by atoms with van der Waals surface area (Å²) < 4.78 is 38.1. The van der Waals surface area contributed by atoms with Crippen LogP contribution in [0.4, 0.5) is 5.69 Å². The molecule has 0 aromatic heterocycles. The molecule has 1 aliphatic heterocycles. The summed E-state index contributed by atoms with van der Waals surface area (Å²) in [7, 11) is -3.71. The van der Waals surface area contributed by atoms with Gasteiger partial charge in [0.15, 0.2) is 0 Å². The van der Waals surface area contributed by atoms with Crippen LogP contribution < -0.4 is 10.1 Å². The number of nitrogens with zero attached hydrogens (tertiary/aromatic N) is 1. The van der Waals surface area contributed by atoms with Crippen LogP contribution in [-0.4, -0.2) is 51.5 Å². The Labute approximate surface area is 148 Å². The molecule has 0 radical (unpaired) electrons. The molecule has 1 saturated heterocycles. The molecule has 0 unspecified atom stereocenters. The van der Waals surface area contributed by atoms with Crippen LogP contribution in [0.5, 0.6) is 5.75 Å². The van der Waals surface area contributed by atoms with Gasteiger partial charge in [-0.05, 0) is 38.0 Å². The molecule has 0 atom stereocenters. The van der Waals surface area contributed by atoms with Crippen molar-refractivity contribution in [1.82, 2.24) is 4.31 Å². The molecule has 1 aromatic carbocycles. The second-order valence-electron chi connectivity index (χ2n) is 6.23. The average Bonchev–Trinajstić information content (AvgIpc) is 2.55. The lowest BCUT2D eigenvalue weighted by atomic mass is 9.85. The summed E-state index contributed by atoms with van der Waals surface area (Å²) in [6.07, 6.45) is 2.85. The van der Waals surface area contributed by atoms with Gasteiger partial charge in [0.1, 0.15) is 10.6 Å². The summed E-state index contributed by atoms with van der Waals surface area (Å²) in [6, 6.07) is 4.78. The average molecular weight is 368 g/mol. The molecule has 1 aromatic rings. The van der Waals surface area contributed by atoms with Crippen LogP contribution in [0.1, 0.15) is 26.2 Å². The first-order chi connectivity index (χ1) is 12.0. The molecule has 7 nitrogen and oxygen atoms in total. The van der Waals surface area contributed by atoms with E-state index in [0.29, 0.717) is 44.3 Å². The quantitative estimate of drug-likeness (QED) is 0.828. The monoisotopic (exact) mass is 368 g/mol. The molecule has 25 heavy (non-hydrogen) atoms.